The van der Waals surface area contributed by atoms with Crippen LogP contribution in [0.5, 0.6) is 0 Å². The first-order valence-electron chi connectivity index (χ1n) is 3.67. The number of likely N-dealkylation sites (N-methyl/N-ethyl adjacent to an activating group) is 1. The van der Waals surface area contributed by atoms with Crippen LogP contribution in [0.1, 0.15) is 6.92 Å². The molecule has 0 bridgehead atoms. The van der Waals surface area contributed by atoms with Crippen LogP contribution in [-0.4, -0.2) is 37.5 Å². The molecular weight excluding hydrogens is 138 g/mol. The van der Waals surface area contributed by atoms with Gasteiger partial charge in [-0.3, -0.25) is 9.89 Å². The number of rotatable bonds is 2. The highest BCUT2D eigenvalue weighted by molar-refractivity contribution is 5.79. The molecule has 1 aliphatic heterocycles. The minimum Gasteiger partial charge on any atom is -0.308 e. The molecule has 0 saturated heterocycles. The van der Waals surface area contributed by atoms with Crippen LogP contribution in [0.25, 0.3) is 0 Å². The maximum absolute atomic E-state index is 7.12. The summed E-state index contributed by atoms with van der Waals surface area (Å²) in [6.07, 6.45) is 3.17. The lowest BCUT2D eigenvalue weighted by atomic mass is 10.3. The molecule has 0 saturated carbocycles. The van der Waals surface area contributed by atoms with E-state index in [0.717, 1.165) is 24.4 Å². The molecule has 0 aromatic carbocycles. The van der Waals surface area contributed by atoms with Crippen molar-refractivity contribution in [3.05, 3.63) is 11.3 Å². The van der Waals surface area contributed by atoms with Crippen molar-refractivity contribution in [1.82, 2.24) is 4.90 Å². The summed E-state index contributed by atoms with van der Waals surface area (Å²) in [4.78, 5) is 6.33. The lowest BCUT2D eigenvalue weighted by Gasteiger charge is -2.04. The Bertz CT molecular complexity index is 215. The first kappa shape index (κ1) is 8.14. The number of nitrogens with zero attached hydrogens (tertiary/aromatic N) is 2. The molecule has 0 atom stereocenters. The molecule has 1 rings (SSSR count). The average Bonchev–Trinajstić information content (AvgIpc) is 2.32. The number of nitrogens with one attached hydrogen (secondary N) is 1. The summed E-state index contributed by atoms with van der Waals surface area (Å²) in [5, 5.41) is 7.12. The van der Waals surface area contributed by atoms with Crippen LogP contribution < -0.4 is 0 Å². The number of aliphatic imine (C=N–C) groups is 1. The van der Waals surface area contributed by atoms with E-state index in [4.69, 9.17) is 5.41 Å². The summed E-state index contributed by atoms with van der Waals surface area (Å²) in [6, 6.07) is 0. The van der Waals surface area contributed by atoms with Crippen molar-refractivity contribution in [3.8, 4) is 0 Å². The molecule has 0 spiro atoms. The molecule has 0 amide bonds. The van der Waals surface area contributed by atoms with Crippen molar-refractivity contribution in [1.29, 1.82) is 5.41 Å². The van der Waals surface area contributed by atoms with Crippen LogP contribution in [0.3, 0.4) is 0 Å². The Kier molecular flexibility index (Phi) is 2.54. The quantitative estimate of drug-likeness (QED) is 0.586. The van der Waals surface area contributed by atoms with Crippen LogP contribution in [0, 0.1) is 5.41 Å². The molecule has 0 aromatic rings. The standard InChI is InChI=1S/C8H13N3/c1-3-10-8-6-11(2)5-7(8)4-9/h3-4,9H,5-6H2,1-2H3. The Hall–Kier alpha value is -0.960. The van der Waals surface area contributed by atoms with E-state index < -0.39 is 0 Å². The maximum atomic E-state index is 7.12. The van der Waals surface area contributed by atoms with Gasteiger partial charge < -0.3 is 5.41 Å². The zero-order valence-electron chi connectivity index (χ0n) is 6.96. The molecule has 0 aliphatic carbocycles. The Morgan fingerprint density at radius 1 is 1.55 bits per heavy atom. The van der Waals surface area contributed by atoms with E-state index in [1.54, 1.807) is 6.21 Å². The zero-order chi connectivity index (χ0) is 8.27. The van der Waals surface area contributed by atoms with Crippen molar-refractivity contribution in [3.63, 3.8) is 0 Å². The molecule has 1 heterocycles. The average molecular weight is 151 g/mol. The Morgan fingerprint density at radius 3 is 2.82 bits per heavy atom. The lowest BCUT2D eigenvalue weighted by Crippen LogP contribution is -2.14. The lowest BCUT2D eigenvalue weighted by molar-refractivity contribution is 0.426. The fourth-order valence-corrected chi connectivity index (χ4v) is 1.20. The van der Waals surface area contributed by atoms with E-state index in [1.165, 1.54) is 6.21 Å². The molecule has 0 radical (unpaired) electrons. The van der Waals surface area contributed by atoms with E-state index in [1.807, 2.05) is 14.0 Å². The number of hydrogen-bond donors (Lipinski definition) is 1. The van der Waals surface area contributed by atoms with Gasteiger partial charge in [0.1, 0.15) is 0 Å². The minimum atomic E-state index is 0.857. The monoisotopic (exact) mass is 151 g/mol. The first-order valence-corrected chi connectivity index (χ1v) is 3.67. The van der Waals surface area contributed by atoms with E-state index in [9.17, 15) is 0 Å². The van der Waals surface area contributed by atoms with Gasteiger partial charge in [0, 0.05) is 31.1 Å². The molecule has 3 heteroatoms. The SMILES string of the molecule is CC=NC1=C(C=N)CN(C)C1. The van der Waals surface area contributed by atoms with Gasteiger partial charge in [0.25, 0.3) is 0 Å². The molecule has 0 fully saturated rings. The maximum Gasteiger partial charge on any atom is 0.0599 e. The molecule has 60 valence electrons. The highest BCUT2D eigenvalue weighted by atomic mass is 15.1. The number of hydrogen-bond acceptors (Lipinski definition) is 3. The van der Waals surface area contributed by atoms with Gasteiger partial charge in [0.15, 0.2) is 0 Å². The highest BCUT2D eigenvalue weighted by Crippen LogP contribution is 2.14. The Labute approximate surface area is 66.9 Å². The smallest absolute Gasteiger partial charge is 0.0599 e. The van der Waals surface area contributed by atoms with Crippen molar-refractivity contribution >= 4 is 12.4 Å². The summed E-state index contributed by atoms with van der Waals surface area (Å²) in [5.41, 5.74) is 2.07. The zero-order valence-corrected chi connectivity index (χ0v) is 6.96. The Balaban J connectivity index is 2.79. The summed E-state index contributed by atoms with van der Waals surface area (Å²) < 4.78 is 0. The summed E-state index contributed by atoms with van der Waals surface area (Å²) >= 11 is 0. The molecule has 3 nitrogen and oxygen atoms in total. The van der Waals surface area contributed by atoms with Crippen LogP contribution >= 0.6 is 0 Å². The van der Waals surface area contributed by atoms with Crippen LogP contribution in [-0.2, 0) is 0 Å². The second-order valence-corrected chi connectivity index (χ2v) is 2.68. The largest absolute Gasteiger partial charge is 0.308 e. The molecule has 0 unspecified atom stereocenters. The van der Waals surface area contributed by atoms with Gasteiger partial charge in [0.2, 0.25) is 0 Å². The predicted octanol–water partition coefficient (Wildman–Crippen LogP) is 0.926. The third-order valence-electron chi connectivity index (χ3n) is 1.69. The van der Waals surface area contributed by atoms with E-state index >= 15 is 0 Å². The van der Waals surface area contributed by atoms with Gasteiger partial charge in [-0.25, -0.2) is 0 Å². The van der Waals surface area contributed by atoms with Gasteiger partial charge in [-0.1, -0.05) is 0 Å². The van der Waals surface area contributed by atoms with Crippen molar-refractivity contribution in [2.45, 2.75) is 6.92 Å². The second-order valence-electron chi connectivity index (χ2n) is 2.68. The normalized spacial score (nSPS) is 20.2. The topological polar surface area (TPSA) is 39.5 Å². The van der Waals surface area contributed by atoms with E-state index in [-0.39, 0.29) is 0 Å². The van der Waals surface area contributed by atoms with Gasteiger partial charge in [-0.15, -0.1) is 0 Å². The summed E-state index contributed by atoms with van der Waals surface area (Å²) in [7, 11) is 2.03. The highest BCUT2D eigenvalue weighted by Gasteiger charge is 2.15. The summed E-state index contributed by atoms with van der Waals surface area (Å²) in [5.74, 6) is 0. The van der Waals surface area contributed by atoms with Gasteiger partial charge in [-0.05, 0) is 14.0 Å². The molecule has 1 N–H and O–H groups in total. The predicted molar refractivity (Wildman–Crippen MR) is 47.5 cm³/mol. The van der Waals surface area contributed by atoms with Crippen molar-refractivity contribution in [2.24, 2.45) is 4.99 Å². The van der Waals surface area contributed by atoms with Crippen molar-refractivity contribution in [2.75, 3.05) is 20.1 Å². The third-order valence-corrected chi connectivity index (χ3v) is 1.69. The van der Waals surface area contributed by atoms with Gasteiger partial charge >= 0.3 is 0 Å². The molecule has 11 heavy (non-hydrogen) atoms. The van der Waals surface area contributed by atoms with Gasteiger partial charge in [-0.2, -0.15) is 0 Å². The Morgan fingerprint density at radius 2 is 2.27 bits per heavy atom. The van der Waals surface area contributed by atoms with Crippen molar-refractivity contribution < 1.29 is 0 Å². The first-order chi connectivity index (χ1) is 5.27. The molecule has 0 aromatic heterocycles. The van der Waals surface area contributed by atoms with Crippen LogP contribution in [0.4, 0.5) is 0 Å². The molecular formula is C8H13N3. The fourth-order valence-electron chi connectivity index (χ4n) is 1.20. The van der Waals surface area contributed by atoms with E-state index in [2.05, 4.69) is 9.89 Å². The van der Waals surface area contributed by atoms with Crippen LogP contribution in [0.15, 0.2) is 16.3 Å². The fraction of sp³-hybridized carbons (Fsp3) is 0.500. The minimum absolute atomic E-state index is 0.857. The van der Waals surface area contributed by atoms with E-state index in [0.29, 0.717) is 0 Å². The van der Waals surface area contributed by atoms with Gasteiger partial charge in [0.05, 0.1) is 5.70 Å². The van der Waals surface area contributed by atoms with Crippen LogP contribution in [0.2, 0.25) is 0 Å². The second kappa shape index (κ2) is 3.44. The third kappa shape index (κ3) is 1.74. The molecule has 1 aliphatic rings. The summed E-state index contributed by atoms with van der Waals surface area (Å²) in [6.45, 7) is 3.62.